The Kier molecular flexibility index (Phi) is 6.09. The molecule has 3 nitrogen and oxygen atoms in total. The third kappa shape index (κ3) is 4.41. The molecule has 0 bridgehead atoms. The van der Waals surface area contributed by atoms with Crippen LogP contribution in [-0.4, -0.2) is 30.6 Å². The number of carbonyl (C=O) groups excluding carboxylic acids is 1. The monoisotopic (exact) mass is 238 g/mol. The number of hydrogen-bond donors (Lipinski definition) is 1. The number of nitrogens with zero attached hydrogens (tertiary/aromatic N) is 1. The molecule has 17 heavy (non-hydrogen) atoms. The highest BCUT2D eigenvalue weighted by Gasteiger charge is 2.17. The lowest BCUT2D eigenvalue weighted by Crippen LogP contribution is -2.44. The van der Waals surface area contributed by atoms with Gasteiger partial charge in [0.15, 0.2) is 0 Å². The minimum absolute atomic E-state index is 0.0771. The first-order valence-corrected chi connectivity index (χ1v) is 6.84. The fourth-order valence-electron chi connectivity index (χ4n) is 2.40. The van der Waals surface area contributed by atoms with E-state index in [1.165, 1.54) is 6.42 Å². The Morgan fingerprint density at radius 1 is 1.41 bits per heavy atom. The molecule has 1 N–H and O–H groups in total. The summed E-state index contributed by atoms with van der Waals surface area (Å²) >= 11 is 0. The van der Waals surface area contributed by atoms with E-state index in [0.717, 1.165) is 32.2 Å². The molecule has 98 valence electrons. The van der Waals surface area contributed by atoms with E-state index in [2.05, 4.69) is 31.3 Å². The van der Waals surface area contributed by atoms with Crippen molar-refractivity contribution in [2.75, 3.05) is 13.6 Å². The van der Waals surface area contributed by atoms with Crippen LogP contribution in [0, 0.1) is 5.92 Å². The maximum Gasteiger partial charge on any atom is 0.317 e. The Bertz CT molecular complexity index is 259. The van der Waals surface area contributed by atoms with Gasteiger partial charge in [-0.3, -0.25) is 0 Å². The summed E-state index contributed by atoms with van der Waals surface area (Å²) in [6, 6.07) is 0.439. The number of rotatable bonds is 5. The van der Waals surface area contributed by atoms with Crippen LogP contribution in [0.25, 0.3) is 0 Å². The van der Waals surface area contributed by atoms with E-state index in [1.54, 1.807) is 0 Å². The zero-order valence-corrected chi connectivity index (χ0v) is 11.4. The van der Waals surface area contributed by atoms with E-state index in [-0.39, 0.29) is 6.03 Å². The summed E-state index contributed by atoms with van der Waals surface area (Å²) in [4.78, 5) is 13.8. The van der Waals surface area contributed by atoms with E-state index >= 15 is 0 Å². The summed E-state index contributed by atoms with van der Waals surface area (Å²) in [6.45, 7) is 5.07. The zero-order chi connectivity index (χ0) is 12.7. The smallest absolute Gasteiger partial charge is 0.317 e. The third-order valence-electron chi connectivity index (χ3n) is 3.73. The number of allylic oxidation sites excluding steroid dienone is 2. The summed E-state index contributed by atoms with van der Waals surface area (Å²) in [7, 11) is 1.90. The van der Waals surface area contributed by atoms with Gasteiger partial charge in [0.05, 0.1) is 0 Å². The predicted octanol–water partition coefficient (Wildman–Crippen LogP) is 3.17. The number of hydrogen-bond acceptors (Lipinski definition) is 1. The molecule has 0 spiro atoms. The highest BCUT2D eigenvalue weighted by atomic mass is 16.2. The van der Waals surface area contributed by atoms with Crippen molar-refractivity contribution in [3.05, 3.63) is 12.2 Å². The molecule has 0 aromatic heterocycles. The molecule has 1 unspecified atom stereocenters. The number of carbonyl (C=O) groups is 1. The van der Waals surface area contributed by atoms with Crippen molar-refractivity contribution in [1.82, 2.24) is 10.2 Å². The first-order valence-electron chi connectivity index (χ1n) is 6.84. The average molecular weight is 238 g/mol. The van der Waals surface area contributed by atoms with Gasteiger partial charge in [-0.1, -0.05) is 26.0 Å². The largest absolute Gasteiger partial charge is 0.338 e. The second-order valence-corrected chi connectivity index (χ2v) is 4.92. The molecule has 0 aromatic carbocycles. The fourth-order valence-corrected chi connectivity index (χ4v) is 2.40. The van der Waals surface area contributed by atoms with E-state index in [4.69, 9.17) is 0 Å². The van der Waals surface area contributed by atoms with Gasteiger partial charge in [0.1, 0.15) is 0 Å². The first kappa shape index (κ1) is 14.1. The highest BCUT2D eigenvalue weighted by molar-refractivity contribution is 5.74. The van der Waals surface area contributed by atoms with Gasteiger partial charge in [-0.2, -0.15) is 0 Å². The normalized spacial score (nSPS) is 19.4. The second kappa shape index (κ2) is 7.36. The predicted molar refractivity (Wildman–Crippen MR) is 72.0 cm³/mol. The molecular formula is C14H26N2O. The van der Waals surface area contributed by atoms with Crippen LogP contribution in [0.1, 0.15) is 46.0 Å². The zero-order valence-electron chi connectivity index (χ0n) is 11.4. The maximum atomic E-state index is 11.9. The average Bonchev–Trinajstić information content (AvgIpc) is 2.38. The molecule has 0 aliphatic heterocycles. The highest BCUT2D eigenvalue weighted by Crippen LogP contribution is 2.17. The van der Waals surface area contributed by atoms with Gasteiger partial charge in [0.25, 0.3) is 0 Å². The maximum absolute atomic E-state index is 11.9. The fraction of sp³-hybridized carbons (Fsp3) is 0.786. The standard InChI is InChI=1S/C14H26N2O/c1-4-13(5-2)16(3)14(17)15-11-12-9-7-6-8-10-12/h6-7,12-13H,4-5,8-11H2,1-3H3,(H,15,17). The van der Waals surface area contributed by atoms with Crippen LogP contribution in [0.4, 0.5) is 4.79 Å². The Balaban J connectivity index is 2.30. The van der Waals surface area contributed by atoms with E-state index in [0.29, 0.717) is 12.0 Å². The van der Waals surface area contributed by atoms with Crippen LogP contribution in [-0.2, 0) is 0 Å². The van der Waals surface area contributed by atoms with Crippen LogP contribution >= 0.6 is 0 Å². The van der Waals surface area contributed by atoms with Crippen LogP contribution in [0.3, 0.4) is 0 Å². The molecule has 2 amide bonds. The number of amides is 2. The minimum Gasteiger partial charge on any atom is -0.338 e. The van der Waals surface area contributed by atoms with Crippen molar-refractivity contribution in [3.8, 4) is 0 Å². The summed E-state index contributed by atoms with van der Waals surface area (Å²) in [5.41, 5.74) is 0. The van der Waals surface area contributed by atoms with Crippen molar-refractivity contribution in [2.24, 2.45) is 5.92 Å². The lowest BCUT2D eigenvalue weighted by Gasteiger charge is -2.27. The van der Waals surface area contributed by atoms with Gasteiger partial charge in [-0.25, -0.2) is 4.79 Å². The molecule has 0 radical (unpaired) electrons. The molecule has 1 rings (SSSR count). The molecule has 0 heterocycles. The van der Waals surface area contributed by atoms with Crippen molar-refractivity contribution >= 4 is 6.03 Å². The van der Waals surface area contributed by atoms with Crippen molar-refractivity contribution in [3.63, 3.8) is 0 Å². The van der Waals surface area contributed by atoms with Gasteiger partial charge in [-0.15, -0.1) is 0 Å². The van der Waals surface area contributed by atoms with Crippen molar-refractivity contribution in [2.45, 2.75) is 52.0 Å². The minimum atomic E-state index is 0.0771. The lowest BCUT2D eigenvalue weighted by atomic mass is 9.94. The summed E-state index contributed by atoms with van der Waals surface area (Å²) in [5, 5.41) is 3.05. The van der Waals surface area contributed by atoms with Gasteiger partial charge in [0, 0.05) is 19.6 Å². The molecule has 3 heteroatoms. The summed E-state index contributed by atoms with van der Waals surface area (Å²) in [6.07, 6.45) is 9.96. The van der Waals surface area contributed by atoms with Gasteiger partial charge in [0.2, 0.25) is 0 Å². The van der Waals surface area contributed by atoms with Gasteiger partial charge < -0.3 is 10.2 Å². The van der Waals surface area contributed by atoms with Crippen LogP contribution < -0.4 is 5.32 Å². The van der Waals surface area contributed by atoms with Gasteiger partial charge in [-0.05, 0) is 38.0 Å². The van der Waals surface area contributed by atoms with Crippen molar-refractivity contribution in [1.29, 1.82) is 0 Å². The molecule has 0 saturated heterocycles. The molecular weight excluding hydrogens is 212 g/mol. The Morgan fingerprint density at radius 2 is 2.12 bits per heavy atom. The topological polar surface area (TPSA) is 32.3 Å². The molecule has 0 aromatic rings. The Labute approximate surface area is 105 Å². The summed E-state index contributed by atoms with van der Waals surface area (Å²) in [5.74, 6) is 0.624. The van der Waals surface area contributed by atoms with Gasteiger partial charge >= 0.3 is 6.03 Å². The van der Waals surface area contributed by atoms with Crippen LogP contribution in [0.2, 0.25) is 0 Å². The Morgan fingerprint density at radius 3 is 2.65 bits per heavy atom. The lowest BCUT2D eigenvalue weighted by molar-refractivity contribution is 0.184. The first-order chi connectivity index (χ1) is 8.19. The summed E-state index contributed by atoms with van der Waals surface area (Å²) < 4.78 is 0. The second-order valence-electron chi connectivity index (χ2n) is 4.92. The molecule has 0 fully saturated rings. The van der Waals surface area contributed by atoms with Crippen molar-refractivity contribution < 1.29 is 4.79 Å². The van der Waals surface area contributed by atoms with E-state index in [9.17, 15) is 4.79 Å². The Hall–Kier alpha value is -0.990. The molecule has 0 saturated carbocycles. The quantitative estimate of drug-likeness (QED) is 0.733. The van der Waals surface area contributed by atoms with Crippen LogP contribution in [0.5, 0.6) is 0 Å². The van der Waals surface area contributed by atoms with E-state index in [1.807, 2.05) is 11.9 Å². The third-order valence-corrected chi connectivity index (χ3v) is 3.73. The van der Waals surface area contributed by atoms with E-state index < -0.39 is 0 Å². The molecule has 1 aliphatic rings. The molecule has 1 aliphatic carbocycles. The SMILES string of the molecule is CCC(CC)N(C)C(=O)NCC1CC=CCC1. The van der Waals surface area contributed by atoms with Crippen LogP contribution in [0.15, 0.2) is 12.2 Å². The number of nitrogens with one attached hydrogen (secondary N) is 1. The number of urea groups is 1. The molecule has 1 atom stereocenters.